The standard InChI is InChI=1S/C19H31N3O3S/c1-11-12(2)14(4)19(15(5)13(11)3)26(24,25)22-9-8-18(23)21-10-17(20)16-6-7-16/h16-17,22H,6-10,20H2,1-5H3,(H,21,23). The molecular formula is C19H31N3O3S. The molecule has 6 nitrogen and oxygen atoms in total. The molecule has 1 fully saturated rings. The number of rotatable bonds is 8. The summed E-state index contributed by atoms with van der Waals surface area (Å²) in [5.74, 6) is 0.335. The second-order valence-corrected chi connectivity index (χ2v) is 9.11. The Labute approximate surface area is 157 Å². The molecule has 1 amide bonds. The Bertz CT molecular complexity index is 770. The van der Waals surface area contributed by atoms with Crippen molar-refractivity contribution in [2.75, 3.05) is 13.1 Å². The second kappa shape index (κ2) is 8.06. The molecule has 1 aliphatic carbocycles. The predicted octanol–water partition coefficient (Wildman–Crippen LogP) is 1.75. The fraction of sp³-hybridized carbons (Fsp3) is 0.632. The van der Waals surface area contributed by atoms with Gasteiger partial charge in [0, 0.05) is 25.6 Å². The Kier molecular flexibility index (Phi) is 6.47. The molecule has 4 N–H and O–H groups in total. The lowest BCUT2D eigenvalue weighted by Gasteiger charge is -2.19. The molecule has 7 heteroatoms. The first-order valence-corrected chi connectivity index (χ1v) is 10.6. The summed E-state index contributed by atoms with van der Waals surface area (Å²) in [6.07, 6.45) is 2.36. The topological polar surface area (TPSA) is 101 Å². The lowest BCUT2D eigenvalue weighted by molar-refractivity contribution is -0.121. The van der Waals surface area contributed by atoms with Gasteiger partial charge in [-0.1, -0.05) is 0 Å². The van der Waals surface area contributed by atoms with Gasteiger partial charge in [0.25, 0.3) is 0 Å². The third kappa shape index (κ3) is 4.64. The van der Waals surface area contributed by atoms with Gasteiger partial charge in [-0.15, -0.1) is 0 Å². The minimum atomic E-state index is -3.67. The van der Waals surface area contributed by atoms with Crippen LogP contribution < -0.4 is 15.8 Å². The normalized spacial score (nSPS) is 15.8. The number of nitrogens with two attached hydrogens (primary N) is 1. The number of hydrogen-bond acceptors (Lipinski definition) is 4. The minimum absolute atomic E-state index is 0.000509. The SMILES string of the molecule is Cc1c(C)c(C)c(S(=O)(=O)NCCC(=O)NCC(N)C2CC2)c(C)c1C. The monoisotopic (exact) mass is 381 g/mol. The van der Waals surface area contributed by atoms with Crippen LogP contribution in [0.5, 0.6) is 0 Å². The van der Waals surface area contributed by atoms with Crippen molar-refractivity contribution in [1.82, 2.24) is 10.0 Å². The van der Waals surface area contributed by atoms with Crippen LogP contribution in [0.15, 0.2) is 4.90 Å². The van der Waals surface area contributed by atoms with Crippen molar-refractivity contribution in [3.8, 4) is 0 Å². The van der Waals surface area contributed by atoms with Crippen LogP contribution in [0.4, 0.5) is 0 Å². The molecular weight excluding hydrogens is 350 g/mol. The summed E-state index contributed by atoms with van der Waals surface area (Å²) in [5, 5.41) is 2.78. The first kappa shape index (κ1) is 20.9. The number of sulfonamides is 1. The van der Waals surface area contributed by atoms with Crippen LogP contribution >= 0.6 is 0 Å². The van der Waals surface area contributed by atoms with E-state index in [1.165, 1.54) is 0 Å². The van der Waals surface area contributed by atoms with Crippen molar-refractivity contribution in [2.45, 2.75) is 64.8 Å². The molecule has 0 radical (unpaired) electrons. The Morgan fingerprint density at radius 1 is 1.04 bits per heavy atom. The van der Waals surface area contributed by atoms with E-state index < -0.39 is 10.0 Å². The van der Waals surface area contributed by atoms with Crippen LogP contribution in [0.3, 0.4) is 0 Å². The van der Waals surface area contributed by atoms with E-state index in [4.69, 9.17) is 5.73 Å². The van der Waals surface area contributed by atoms with Crippen molar-refractivity contribution >= 4 is 15.9 Å². The van der Waals surface area contributed by atoms with Crippen LogP contribution in [0.1, 0.15) is 47.1 Å². The van der Waals surface area contributed by atoms with Gasteiger partial charge in [-0.2, -0.15) is 0 Å². The number of benzene rings is 1. The quantitative estimate of drug-likeness (QED) is 0.638. The van der Waals surface area contributed by atoms with E-state index in [0.717, 1.165) is 40.7 Å². The third-order valence-corrected chi connectivity index (χ3v) is 7.34. The first-order valence-electron chi connectivity index (χ1n) is 9.15. The molecule has 1 saturated carbocycles. The zero-order valence-electron chi connectivity index (χ0n) is 16.4. The van der Waals surface area contributed by atoms with Gasteiger partial charge in [-0.05, 0) is 81.2 Å². The Hall–Kier alpha value is -1.44. The highest BCUT2D eigenvalue weighted by Crippen LogP contribution is 2.31. The summed E-state index contributed by atoms with van der Waals surface area (Å²) in [4.78, 5) is 12.2. The molecule has 1 atom stereocenters. The smallest absolute Gasteiger partial charge is 0.241 e. The Morgan fingerprint density at radius 2 is 1.54 bits per heavy atom. The number of carbonyl (C=O) groups is 1. The average molecular weight is 382 g/mol. The van der Waals surface area contributed by atoms with Crippen molar-refractivity contribution < 1.29 is 13.2 Å². The predicted molar refractivity (Wildman–Crippen MR) is 104 cm³/mol. The summed E-state index contributed by atoms with van der Waals surface area (Å²) in [7, 11) is -3.67. The Balaban J connectivity index is 1.98. The molecule has 0 spiro atoms. The molecule has 146 valence electrons. The van der Waals surface area contributed by atoms with Crippen molar-refractivity contribution in [3.05, 3.63) is 27.8 Å². The van der Waals surface area contributed by atoms with Crippen LogP contribution in [0, 0.1) is 40.5 Å². The molecule has 0 heterocycles. The van der Waals surface area contributed by atoms with Gasteiger partial charge >= 0.3 is 0 Å². The summed E-state index contributed by atoms with van der Waals surface area (Å²) >= 11 is 0. The highest BCUT2D eigenvalue weighted by molar-refractivity contribution is 7.89. The average Bonchev–Trinajstić information content (AvgIpc) is 3.41. The highest BCUT2D eigenvalue weighted by Gasteiger charge is 2.28. The molecule has 26 heavy (non-hydrogen) atoms. The number of hydrogen-bond donors (Lipinski definition) is 3. The van der Waals surface area contributed by atoms with Crippen molar-refractivity contribution in [1.29, 1.82) is 0 Å². The molecule has 0 aliphatic heterocycles. The summed E-state index contributed by atoms with van der Waals surface area (Å²) < 4.78 is 28.1. The maximum absolute atomic E-state index is 12.8. The summed E-state index contributed by atoms with van der Waals surface area (Å²) in [6, 6.07) is -0.000509. The molecule has 0 bridgehead atoms. The molecule has 1 aromatic carbocycles. The summed E-state index contributed by atoms with van der Waals surface area (Å²) in [5.41, 5.74) is 10.6. The molecule has 2 rings (SSSR count). The molecule has 1 unspecified atom stereocenters. The van der Waals surface area contributed by atoms with Gasteiger partial charge in [0.15, 0.2) is 0 Å². The lowest BCUT2D eigenvalue weighted by Crippen LogP contribution is -2.39. The van der Waals surface area contributed by atoms with Gasteiger partial charge in [-0.25, -0.2) is 13.1 Å². The largest absolute Gasteiger partial charge is 0.354 e. The maximum Gasteiger partial charge on any atom is 0.241 e. The maximum atomic E-state index is 12.8. The van der Waals surface area contributed by atoms with E-state index in [9.17, 15) is 13.2 Å². The van der Waals surface area contributed by atoms with E-state index in [-0.39, 0.29) is 24.9 Å². The fourth-order valence-corrected chi connectivity index (χ4v) is 4.88. The Morgan fingerprint density at radius 3 is 2.04 bits per heavy atom. The minimum Gasteiger partial charge on any atom is -0.354 e. The van der Waals surface area contributed by atoms with Gasteiger partial charge < -0.3 is 11.1 Å². The van der Waals surface area contributed by atoms with Crippen LogP contribution in [-0.4, -0.2) is 33.5 Å². The van der Waals surface area contributed by atoms with Gasteiger partial charge in [-0.3, -0.25) is 4.79 Å². The second-order valence-electron chi connectivity index (χ2n) is 7.41. The van der Waals surface area contributed by atoms with Gasteiger partial charge in [0.05, 0.1) is 4.90 Å². The first-order chi connectivity index (χ1) is 12.1. The van der Waals surface area contributed by atoms with Crippen LogP contribution in [-0.2, 0) is 14.8 Å². The van der Waals surface area contributed by atoms with E-state index in [2.05, 4.69) is 10.0 Å². The fourth-order valence-electron chi connectivity index (χ4n) is 3.25. The van der Waals surface area contributed by atoms with E-state index in [1.807, 2.05) is 34.6 Å². The molecule has 0 aromatic heterocycles. The molecule has 1 aliphatic rings. The van der Waals surface area contributed by atoms with E-state index in [1.54, 1.807) is 0 Å². The third-order valence-electron chi connectivity index (χ3n) is 5.61. The number of amides is 1. The number of nitrogens with one attached hydrogen (secondary N) is 2. The zero-order chi connectivity index (χ0) is 19.6. The highest BCUT2D eigenvalue weighted by atomic mass is 32.2. The van der Waals surface area contributed by atoms with E-state index >= 15 is 0 Å². The number of carbonyl (C=O) groups excluding carboxylic acids is 1. The van der Waals surface area contributed by atoms with Crippen molar-refractivity contribution in [2.24, 2.45) is 11.7 Å². The van der Waals surface area contributed by atoms with Gasteiger partial charge in [0.1, 0.15) is 0 Å². The van der Waals surface area contributed by atoms with Crippen LogP contribution in [0.25, 0.3) is 0 Å². The summed E-state index contributed by atoms with van der Waals surface area (Å²) in [6.45, 7) is 10.1. The molecule has 1 aromatic rings. The van der Waals surface area contributed by atoms with E-state index in [0.29, 0.717) is 17.4 Å². The zero-order valence-corrected chi connectivity index (χ0v) is 17.2. The lowest BCUT2D eigenvalue weighted by atomic mass is 9.95. The van der Waals surface area contributed by atoms with Crippen LogP contribution in [0.2, 0.25) is 0 Å². The van der Waals surface area contributed by atoms with Gasteiger partial charge in [0.2, 0.25) is 15.9 Å². The molecule has 0 saturated heterocycles. The van der Waals surface area contributed by atoms with Crippen molar-refractivity contribution in [3.63, 3.8) is 0 Å².